The van der Waals surface area contributed by atoms with Crippen LogP contribution in [0.2, 0.25) is 0 Å². The summed E-state index contributed by atoms with van der Waals surface area (Å²) in [5.41, 5.74) is 0. The van der Waals surface area contributed by atoms with Gasteiger partial charge in [-0.05, 0) is 25.3 Å². The minimum Gasteiger partial charge on any atom is -0.341 e. The van der Waals surface area contributed by atoms with Crippen molar-refractivity contribution in [3.63, 3.8) is 0 Å². The Morgan fingerprint density at radius 1 is 1.17 bits per heavy atom. The van der Waals surface area contributed by atoms with Crippen molar-refractivity contribution >= 4 is 5.91 Å². The van der Waals surface area contributed by atoms with Gasteiger partial charge in [-0.3, -0.25) is 4.79 Å². The molecule has 0 bridgehead atoms. The van der Waals surface area contributed by atoms with E-state index in [1.54, 1.807) is 0 Å². The van der Waals surface area contributed by atoms with E-state index in [1.807, 2.05) is 0 Å². The van der Waals surface area contributed by atoms with Gasteiger partial charge in [0.2, 0.25) is 5.91 Å². The van der Waals surface area contributed by atoms with Gasteiger partial charge in [0.25, 0.3) is 0 Å². The number of amides is 1. The quantitative estimate of drug-likeness (QED) is 0.836. The minimum atomic E-state index is 0.228. The van der Waals surface area contributed by atoms with Crippen molar-refractivity contribution in [2.24, 2.45) is 11.8 Å². The molecule has 3 nitrogen and oxygen atoms in total. The number of hydrogen-bond acceptors (Lipinski definition) is 2. The lowest BCUT2D eigenvalue weighted by Gasteiger charge is -2.28. The molecule has 2 fully saturated rings. The first kappa shape index (κ1) is 13.9. The van der Waals surface area contributed by atoms with Gasteiger partial charge >= 0.3 is 0 Å². The van der Waals surface area contributed by atoms with Gasteiger partial charge in [0.05, 0.1) is 0 Å². The number of carbonyl (C=O) groups is 1. The summed E-state index contributed by atoms with van der Waals surface area (Å²) in [5, 5.41) is 3.36. The first-order valence-corrected chi connectivity index (χ1v) is 7.77. The van der Waals surface area contributed by atoms with Crippen molar-refractivity contribution in [1.82, 2.24) is 10.2 Å². The topological polar surface area (TPSA) is 32.3 Å². The highest BCUT2D eigenvalue weighted by Gasteiger charge is 2.24. The molecule has 1 atom stereocenters. The van der Waals surface area contributed by atoms with Crippen LogP contribution in [0.5, 0.6) is 0 Å². The van der Waals surface area contributed by atoms with Gasteiger partial charge in [-0.15, -0.1) is 0 Å². The van der Waals surface area contributed by atoms with Crippen molar-refractivity contribution in [1.29, 1.82) is 0 Å². The summed E-state index contributed by atoms with van der Waals surface area (Å²) in [4.78, 5) is 14.5. The Hall–Kier alpha value is -0.570. The zero-order valence-electron chi connectivity index (χ0n) is 11.8. The fourth-order valence-corrected chi connectivity index (χ4v) is 3.40. The zero-order valence-corrected chi connectivity index (χ0v) is 11.8. The Kier molecular flexibility index (Phi) is 5.48. The molecule has 1 heterocycles. The van der Waals surface area contributed by atoms with E-state index in [0.29, 0.717) is 5.91 Å². The highest BCUT2D eigenvalue weighted by Crippen LogP contribution is 2.29. The van der Waals surface area contributed by atoms with Crippen molar-refractivity contribution in [2.75, 3.05) is 26.2 Å². The van der Waals surface area contributed by atoms with E-state index in [1.165, 1.54) is 32.1 Å². The Labute approximate surface area is 111 Å². The smallest absolute Gasteiger partial charge is 0.225 e. The molecule has 0 spiro atoms. The van der Waals surface area contributed by atoms with Gasteiger partial charge in [-0.2, -0.15) is 0 Å². The van der Waals surface area contributed by atoms with Gasteiger partial charge in [0, 0.05) is 25.6 Å². The van der Waals surface area contributed by atoms with E-state index in [0.717, 1.165) is 44.9 Å². The van der Waals surface area contributed by atoms with Crippen molar-refractivity contribution in [3.05, 3.63) is 0 Å². The molecule has 1 N–H and O–H groups in total. The highest BCUT2D eigenvalue weighted by atomic mass is 16.2. The molecule has 2 aliphatic rings. The molecule has 0 radical (unpaired) electrons. The first-order valence-electron chi connectivity index (χ1n) is 7.77. The molecule has 0 aromatic carbocycles. The molecule has 0 aromatic rings. The second-order valence-corrected chi connectivity index (χ2v) is 6.07. The van der Waals surface area contributed by atoms with Crippen molar-refractivity contribution in [3.8, 4) is 0 Å². The minimum absolute atomic E-state index is 0.228. The Morgan fingerprint density at radius 2 is 1.94 bits per heavy atom. The summed E-state index contributed by atoms with van der Waals surface area (Å²) < 4.78 is 0. The number of nitrogens with zero attached hydrogens (tertiary/aromatic N) is 1. The van der Waals surface area contributed by atoms with Gasteiger partial charge in [-0.25, -0.2) is 0 Å². The molecule has 1 unspecified atom stereocenters. The number of rotatable bonds is 3. The average Bonchev–Trinajstić information content (AvgIpc) is 2.68. The lowest BCUT2D eigenvalue weighted by Crippen LogP contribution is -2.38. The lowest BCUT2D eigenvalue weighted by molar-refractivity contribution is -0.135. The second-order valence-electron chi connectivity index (χ2n) is 6.07. The molecule has 1 aliphatic heterocycles. The van der Waals surface area contributed by atoms with Gasteiger partial charge in [0.15, 0.2) is 0 Å². The van der Waals surface area contributed by atoms with Crippen LogP contribution in [0.4, 0.5) is 0 Å². The predicted octanol–water partition coefficient (Wildman–Crippen LogP) is 2.41. The average molecular weight is 252 g/mol. The third-order valence-electron chi connectivity index (χ3n) is 4.48. The maximum atomic E-state index is 12.4. The monoisotopic (exact) mass is 252 g/mol. The van der Waals surface area contributed by atoms with Crippen LogP contribution >= 0.6 is 0 Å². The van der Waals surface area contributed by atoms with Gasteiger partial charge in [-0.1, -0.05) is 39.0 Å². The Balaban J connectivity index is 1.79. The van der Waals surface area contributed by atoms with Crippen molar-refractivity contribution in [2.45, 2.75) is 51.9 Å². The van der Waals surface area contributed by atoms with Gasteiger partial charge in [0.1, 0.15) is 0 Å². The Morgan fingerprint density at radius 3 is 2.72 bits per heavy atom. The van der Waals surface area contributed by atoms with E-state index < -0.39 is 0 Å². The molecular formula is C15H28N2O. The predicted molar refractivity (Wildman–Crippen MR) is 74.4 cm³/mol. The number of carbonyl (C=O) groups excluding carboxylic acids is 1. The summed E-state index contributed by atoms with van der Waals surface area (Å²) in [7, 11) is 0. The summed E-state index contributed by atoms with van der Waals surface area (Å²) in [6.07, 6.45) is 9.05. The molecule has 18 heavy (non-hydrogen) atoms. The van der Waals surface area contributed by atoms with E-state index >= 15 is 0 Å². The highest BCUT2D eigenvalue weighted by molar-refractivity contribution is 5.78. The maximum absolute atomic E-state index is 12.4. The van der Waals surface area contributed by atoms with Crippen LogP contribution in [0.1, 0.15) is 51.9 Å². The molecule has 1 saturated heterocycles. The zero-order chi connectivity index (χ0) is 12.8. The summed E-state index contributed by atoms with van der Waals surface area (Å²) in [5.74, 6) is 1.43. The molecule has 0 aromatic heterocycles. The van der Waals surface area contributed by atoms with E-state index in [4.69, 9.17) is 0 Å². The van der Waals surface area contributed by atoms with Crippen LogP contribution < -0.4 is 5.32 Å². The molecule has 2 rings (SSSR count). The van der Waals surface area contributed by atoms with Crippen LogP contribution in [-0.4, -0.2) is 37.0 Å². The molecule has 1 amide bonds. The molecule has 3 heteroatoms. The maximum Gasteiger partial charge on any atom is 0.225 e. The van der Waals surface area contributed by atoms with E-state index in [9.17, 15) is 4.79 Å². The van der Waals surface area contributed by atoms with Crippen LogP contribution in [0.15, 0.2) is 0 Å². The number of hydrogen-bond donors (Lipinski definition) is 1. The third kappa shape index (κ3) is 3.98. The van der Waals surface area contributed by atoms with Crippen LogP contribution in [0.3, 0.4) is 0 Å². The van der Waals surface area contributed by atoms with E-state index in [2.05, 4.69) is 17.1 Å². The fraction of sp³-hybridized carbons (Fsp3) is 0.933. The first-order chi connectivity index (χ1) is 8.77. The molecule has 104 valence electrons. The van der Waals surface area contributed by atoms with Crippen molar-refractivity contribution < 1.29 is 4.79 Å². The standard InChI is InChI=1S/C15H28N2O/c1-13(12-14-6-3-2-4-7-14)15(18)17-10-5-8-16-9-11-17/h13-14,16H,2-12H2,1H3. The summed E-state index contributed by atoms with van der Waals surface area (Å²) >= 11 is 0. The molecule has 1 saturated carbocycles. The summed E-state index contributed by atoms with van der Waals surface area (Å²) in [6.45, 7) is 5.99. The van der Waals surface area contributed by atoms with Crippen LogP contribution in [0, 0.1) is 11.8 Å². The van der Waals surface area contributed by atoms with E-state index in [-0.39, 0.29) is 5.92 Å². The largest absolute Gasteiger partial charge is 0.341 e. The third-order valence-corrected chi connectivity index (χ3v) is 4.48. The fourth-order valence-electron chi connectivity index (χ4n) is 3.40. The van der Waals surface area contributed by atoms with Crippen LogP contribution in [0.25, 0.3) is 0 Å². The second kappa shape index (κ2) is 7.13. The normalized spacial score (nSPS) is 24.6. The lowest BCUT2D eigenvalue weighted by atomic mass is 9.83. The SMILES string of the molecule is CC(CC1CCCCC1)C(=O)N1CCCNCC1. The number of nitrogens with one attached hydrogen (secondary N) is 1. The molecule has 1 aliphatic carbocycles. The summed E-state index contributed by atoms with van der Waals surface area (Å²) in [6, 6.07) is 0. The van der Waals surface area contributed by atoms with Gasteiger partial charge < -0.3 is 10.2 Å². The van der Waals surface area contributed by atoms with Crippen LogP contribution in [-0.2, 0) is 4.79 Å². The molecular weight excluding hydrogens is 224 g/mol. The Bertz CT molecular complexity index is 253.